The van der Waals surface area contributed by atoms with Gasteiger partial charge in [0.15, 0.2) is 0 Å². The van der Waals surface area contributed by atoms with Gasteiger partial charge in [-0.15, -0.1) is 13.1 Å². The Hall–Kier alpha value is -2.40. The number of hydrogen-bond donors (Lipinski definition) is 5. The summed E-state index contributed by atoms with van der Waals surface area (Å²) in [7, 11) is 0. The molecule has 2 aliphatic heterocycles. The molecule has 1 unspecified atom stereocenters. The van der Waals surface area contributed by atoms with E-state index in [4.69, 9.17) is 30.9 Å². The first-order valence-corrected chi connectivity index (χ1v) is 6.88. The predicted octanol–water partition coefficient (Wildman–Crippen LogP) is -1.90. The van der Waals surface area contributed by atoms with Crippen molar-refractivity contribution in [2.45, 2.75) is 12.8 Å². The summed E-state index contributed by atoms with van der Waals surface area (Å²) in [5.74, 6) is -0.810. The fourth-order valence-electron chi connectivity index (χ4n) is 1.63. The molecule has 9 N–H and O–H groups in total. The van der Waals surface area contributed by atoms with Gasteiger partial charge in [-0.3, -0.25) is 14.4 Å². The number of piperidine rings is 1. The van der Waals surface area contributed by atoms with E-state index in [9.17, 15) is 9.90 Å². The van der Waals surface area contributed by atoms with Crippen molar-refractivity contribution in [1.29, 1.82) is 5.41 Å². The quantitative estimate of drug-likeness (QED) is 0.111. The monoisotopic (exact) mass is 424 g/mol. The van der Waals surface area contributed by atoms with Gasteiger partial charge in [-0.05, 0) is 17.9 Å². The van der Waals surface area contributed by atoms with Crippen molar-refractivity contribution in [3.63, 3.8) is 0 Å². The molecule has 153 valence electrons. The second kappa shape index (κ2) is 22.6. The third-order valence-corrected chi connectivity index (χ3v) is 2.67. The summed E-state index contributed by atoms with van der Waals surface area (Å²) in [4.78, 5) is 27.2. The maximum absolute atomic E-state index is 10.5. The van der Waals surface area contributed by atoms with Gasteiger partial charge in [0.2, 0.25) is 5.91 Å². The summed E-state index contributed by atoms with van der Waals surface area (Å²) in [6.45, 7) is 1.80. The van der Waals surface area contributed by atoms with Crippen LogP contribution in [0, 0.1) is 11.3 Å². The molecule has 0 aromatic heterocycles. The Bertz CT molecular complexity index is 447. The van der Waals surface area contributed by atoms with Crippen molar-refractivity contribution in [2.75, 3.05) is 19.6 Å². The fraction of sp³-hybridized carbons (Fsp3) is 0.429. The third kappa shape index (κ3) is 19.6. The van der Waals surface area contributed by atoms with Crippen molar-refractivity contribution in [2.24, 2.45) is 11.7 Å². The van der Waals surface area contributed by atoms with Crippen LogP contribution in [-0.2, 0) is 36.9 Å². The van der Waals surface area contributed by atoms with E-state index >= 15 is 0 Å². The number of nitrogens with zero attached hydrogens (tertiary/aromatic N) is 1. The van der Waals surface area contributed by atoms with Gasteiger partial charge in [-0.2, -0.15) is 0 Å². The Morgan fingerprint density at radius 3 is 2.15 bits per heavy atom. The first kappa shape index (κ1) is 31.4. The Morgan fingerprint density at radius 1 is 1.38 bits per heavy atom. The van der Waals surface area contributed by atoms with E-state index in [-0.39, 0.29) is 47.3 Å². The molecule has 0 spiro atoms. The predicted molar refractivity (Wildman–Crippen MR) is 90.2 cm³/mol. The average molecular weight is 425 g/mol. The van der Waals surface area contributed by atoms with Crippen LogP contribution in [0.2, 0.25) is 0 Å². The smallest absolute Gasteiger partial charge is 0.859 e. The average Bonchev–Trinajstić information content (AvgIpc) is 2.58. The van der Waals surface area contributed by atoms with Gasteiger partial charge >= 0.3 is 17.1 Å². The van der Waals surface area contributed by atoms with E-state index in [2.05, 4.69) is 10.6 Å². The van der Waals surface area contributed by atoms with Gasteiger partial charge in [0.1, 0.15) is 0 Å². The van der Waals surface area contributed by atoms with Crippen LogP contribution in [0.3, 0.4) is 0 Å². The molecular weight excluding hydrogens is 400 g/mol. The molecule has 1 saturated heterocycles. The van der Waals surface area contributed by atoms with Crippen molar-refractivity contribution < 1.29 is 52.2 Å². The van der Waals surface area contributed by atoms with Gasteiger partial charge in [0.25, 0.3) is 12.9 Å². The topological polar surface area (TPSA) is 224 Å². The molecule has 1 radical (unpaired) electrons. The van der Waals surface area contributed by atoms with Crippen molar-refractivity contribution in [3.8, 4) is 0 Å². The maximum Gasteiger partial charge on any atom is 2.00 e. The molecule has 12 heteroatoms. The number of nitrogens with one attached hydrogen (secondary N) is 2. The number of rotatable bonds is 2. The zero-order chi connectivity index (χ0) is 18.8. The number of nitrogens with two attached hydrogens (primary N) is 1. The molecule has 0 aliphatic carbocycles. The van der Waals surface area contributed by atoms with Crippen LogP contribution in [0.4, 0.5) is 0 Å². The molecule has 2 aliphatic rings. The molecule has 0 bridgehead atoms. The molecule has 1 fully saturated rings. The summed E-state index contributed by atoms with van der Waals surface area (Å²) in [5, 5.41) is 37.7. The fourth-order valence-corrected chi connectivity index (χ4v) is 1.63. The van der Waals surface area contributed by atoms with Gasteiger partial charge in [-0.1, -0.05) is 18.6 Å². The summed E-state index contributed by atoms with van der Waals surface area (Å²) in [5.41, 5.74) is 5.49. The van der Waals surface area contributed by atoms with E-state index in [0.717, 1.165) is 25.9 Å². The molecule has 0 saturated carbocycles. The van der Waals surface area contributed by atoms with Crippen LogP contribution in [0.5, 0.6) is 0 Å². The van der Waals surface area contributed by atoms with Crippen LogP contribution in [0.25, 0.3) is 5.32 Å². The minimum Gasteiger partial charge on any atom is -0.859 e. The molecule has 2 heterocycles. The van der Waals surface area contributed by atoms with Crippen LogP contribution in [0.1, 0.15) is 12.8 Å². The van der Waals surface area contributed by atoms with Crippen LogP contribution in [-0.4, -0.2) is 54.6 Å². The third-order valence-electron chi connectivity index (χ3n) is 2.67. The Balaban J connectivity index is -0.000000136. The number of amides is 1. The summed E-state index contributed by atoms with van der Waals surface area (Å²) >= 11 is 0. The van der Waals surface area contributed by atoms with Gasteiger partial charge in [0, 0.05) is 18.7 Å². The molecule has 2 rings (SSSR count). The Labute approximate surface area is 161 Å². The summed E-state index contributed by atoms with van der Waals surface area (Å²) in [6.07, 6.45) is 6.95. The van der Waals surface area contributed by atoms with Crippen molar-refractivity contribution in [1.82, 2.24) is 5.32 Å². The molecule has 1 amide bonds. The zero-order valence-electron chi connectivity index (χ0n) is 13.9. The van der Waals surface area contributed by atoms with Crippen LogP contribution >= 0.6 is 0 Å². The number of carbonyl (C=O) groups excluding carboxylic acids is 1. The molecular formula is C14H25CuN4O7+. The van der Waals surface area contributed by atoms with Gasteiger partial charge in [0.05, 0.1) is 0 Å². The van der Waals surface area contributed by atoms with Crippen molar-refractivity contribution in [3.05, 3.63) is 29.2 Å². The molecule has 0 aromatic carbocycles. The standard InChI is InChI=1S/C6H11N2O.C6H8N2O.2CH2O2.Cu.H2O/c2*7-6(9)5-2-1-3-8-4-5;2*2-1-3;;/h5H,1-4H2,(H2,7,9);1-2,4,8H,3H2,(H2,7,9);2*1H,(H,2,3);;1H2/q-1;;;;+2;. The number of carbonyl (C=O) groups is 3. The number of hydrogen-bond acceptors (Lipinski definition) is 6. The number of carboxylic acid groups (broad SMARTS) is 2. The zero-order valence-corrected chi connectivity index (χ0v) is 14.9. The largest absolute Gasteiger partial charge is 2.00 e. The minimum absolute atomic E-state index is 0. The van der Waals surface area contributed by atoms with E-state index in [1.165, 1.54) is 0 Å². The first-order chi connectivity index (χ1) is 11.4. The minimum atomic E-state index is -0.640. The second-order valence-corrected chi connectivity index (χ2v) is 4.32. The Morgan fingerprint density at radius 2 is 1.92 bits per heavy atom. The molecule has 11 nitrogen and oxygen atoms in total. The summed E-state index contributed by atoms with van der Waals surface area (Å²) < 4.78 is 0. The van der Waals surface area contributed by atoms with Crippen molar-refractivity contribution >= 4 is 24.7 Å². The van der Waals surface area contributed by atoms with E-state index < -0.39 is 5.90 Å². The number of dihydropyridines is 1. The molecule has 0 aromatic rings. The van der Waals surface area contributed by atoms with Crippen LogP contribution < -0.4 is 16.2 Å². The van der Waals surface area contributed by atoms with Gasteiger partial charge in [-0.25, -0.2) is 0 Å². The van der Waals surface area contributed by atoms with E-state index in [1.807, 2.05) is 6.08 Å². The van der Waals surface area contributed by atoms with E-state index in [1.54, 1.807) is 12.3 Å². The number of primary amides is 1. The van der Waals surface area contributed by atoms with E-state index in [0.29, 0.717) is 12.1 Å². The van der Waals surface area contributed by atoms with Crippen LogP contribution in [0.15, 0.2) is 23.9 Å². The first-order valence-electron chi connectivity index (χ1n) is 6.88. The Kier molecular flexibility index (Phi) is 27.3. The SMILES string of the molecule is N=C([O-])C1=CNCC=C1.NC(=O)C1CCC[N-]C1.O=CO.O=CO.[Cu+2].[OH3+]. The summed E-state index contributed by atoms with van der Waals surface area (Å²) in [6, 6.07) is 0. The molecule has 1 atom stereocenters. The normalized spacial score (nSPS) is 16.2. The molecule has 26 heavy (non-hydrogen) atoms. The van der Waals surface area contributed by atoms with Gasteiger partial charge < -0.3 is 42.6 Å². The second-order valence-electron chi connectivity index (χ2n) is 4.32. The maximum atomic E-state index is 10.5.